The van der Waals surface area contributed by atoms with Gasteiger partial charge < -0.3 is 9.67 Å². The topological polar surface area (TPSA) is 61.8 Å². The van der Waals surface area contributed by atoms with Crippen molar-refractivity contribution >= 4 is 0 Å². The molecular formula is C12H15N3O. The van der Waals surface area contributed by atoms with Crippen LogP contribution in [0.3, 0.4) is 0 Å². The van der Waals surface area contributed by atoms with Gasteiger partial charge in [-0.2, -0.15) is 5.26 Å². The van der Waals surface area contributed by atoms with Crippen LogP contribution in [0, 0.1) is 11.3 Å². The molecule has 16 heavy (non-hydrogen) atoms. The van der Waals surface area contributed by atoms with Gasteiger partial charge in [0.2, 0.25) is 0 Å². The average molecular weight is 217 g/mol. The molecule has 1 aliphatic carbocycles. The summed E-state index contributed by atoms with van der Waals surface area (Å²) in [5.74, 6) is 0.911. The molecule has 3 rings (SSSR count). The van der Waals surface area contributed by atoms with Gasteiger partial charge in [0.25, 0.3) is 0 Å². The maximum atomic E-state index is 9.31. The van der Waals surface area contributed by atoms with Gasteiger partial charge in [-0.15, -0.1) is 0 Å². The van der Waals surface area contributed by atoms with Crippen molar-refractivity contribution in [2.24, 2.45) is 0 Å². The lowest BCUT2D eigenvalue weighted by Crippen LogP contribution is -2.18. The second-order valence-corrected chi connectivity index (χ2v) is 4.79. The zero-order valence-corrected chi connectivity index (χ0v) is 9.24. The molecule has 1 fully saturated rings. The Morgan fingerprint density at radius 1 is 1.44 bits per heavy atom. The molecule has 1 saturated carbocycles. The van der Waals surface area contributed by atoms with Crippen LogP contribution in [-0.4, -0.2) is 14.7 Å². The van der Waals surface area contributed by atoms with E-state index in [0.29, 0.717) is 0 Å². The molecule has 1 aromatic heterocycles. The van der Waals surface area contributed by atoms with Gasteiger partial charge in [0.05, 0.1) is 18.4 Å². The highest BCUT2D eigenvalue weighted by Crippen LogP contribution is 2.47. The number of hydrogen-bond donors (Lipinski definition) is 1. The van der Waals surface area contributed by atoms with Crippen molar-refractivity contribution in [3.8, 4) is 6.07 Å². The highest BCUT2D eigenvalue weighted by atomic mass is 16.3. The van der Waals surface area contributed by atoms with E-state index in [0.717, 1.165) is 55.9 Å². The van der Waals surface area contributed by atoms with E-state index in [4.69, 9.17) is 0 Å². The quantitative estimate of drug-likeness (QED) is 0.811. The molecule has 0 radical (unpaired) electrons. The fourth-order valence-corrected chi connectivity index (χ4v) is 2.62. The van der Waals surface area contributed by atoms with Crippen LogP contribution >= 0.6 is 0 Å². The van der Waals surface area contributed by atoms with Gasteiger partial charge in [-0.1, -0.05) is 0 Å². The van der Waals surface area contributed by atoms with E-state index in [1.54, 1.807) is 0 Å². The highest BCUT2D eigenvalue weighted by molar-refractivity contribution is 5.34. The SMILES string of the molecule is N#CC1(c2nc(CO)c3n2CCCC3)CC1. The molecule has 4 nitrogen and oxygen atoms in total. The van der Waals surface area contributed by atoms with E-state index in [9.17, 15) is 10.4 Å². The second-order valence-electron chi connectivity index (χ2n) is 4.79. The predicted octanol–water partition coefficient (Wildman–Crippen LogP) is 1.27. The number of aliphatic hydroxyl groups is 1. The number of hydrogen-bond acceptors (Lipinski definition) is 3. The summed E-state index contributed by atoms with van der Waals surface area (Å²) < 4.78 is 2.19. The summed E-state index contributed by atoms with van der Waals surface area (Å²) in [4.78, 5) is 4.51. The fourth-order valence-electron chi connectivity index (χ4n) is 2.62. The normalized spacial score (nSPS) is 21.2. The molecule has 0 bridgehead atoms. The molecule has 0 atom stereocenters. The Morgan fingerprint density at radius 3 is 2.88 bits per heavy atom. The van der Waals surface area contributed by atoms with Crippen LogP contribution in [0.4, 0.5) is 0 Å². The van der Waals surface area contributed by atoms with E-state index in [-0.39, 0.29) is 12.0 Å². The van der Waals surface area contributed by atoms with Crippen molar-refractivity contribution in [2.75, 3.05) is 0 Å². The molecule has 2 heterocycles. The maximum Gasteiger partial charge on any atom is 0.129 e. The first kappa shape index (κ1) is 9.86. The molecule has 0 aromatic carbocycles. The van der Waals surface area contributed by atoms with Crippen molar-refractivity contribution in [3.63, 3.8) is 0 Å². The number of aliphatic hydroxyl groups excluding tert-OH is 1. The number of nitriles is 1. The smallest absolute Gasteiger partial charge is 0.129 e. The van der Waals surface area contributed by atoms with Crippen LogP contribution in [-0.2, 0) is 25.0 Å². The van der Waals surface area contributed by atoms with Crippen LogP contribution in [0.25, 0.3) is 0 Å². The number of fused-ring (bicyclic) bond motifs is 1. The van der Waals surface area contributed by atoms with Gasteiger partial charge in [0.1, 0.15) is 11.2 Å². The van der Waals surface area contributed by atoms with Gasteiger partial charge in [0, 0.05) is 12.2 Å². The molecule has 0 saturated heterocycles. The van der Waals surface area contributed by atoms with Crippen LogP contribution < -0.4 is 0 Å². The third kappa shape index (κ3) is 1.21. The minimum atomic E-state index is -0.334. The Balaban J connectivity index is 2.12. The molecule has 1 aliphatic heterocycles. The summed E-state index contributed by atoms with van der Waals surface area (Å²) in [6.45, 7) is 0.956. The second kappa shape index (κ2) is 3.33. The van der Waals surface area contributed by atoms with E-state index in [1.807, 2.05) is 0 Å². The molecule has 0 spiro atoms. The molecule has 1 N–H and O–H groups in total. The molecular weight excluding hydrogens is 202 g/mol. The first-order valence-corrected chi connectivity index (χ1v) is 5.91. The first-order chi connectivity index (χ1) is 7.80. The standard InChI is InChI=1S/C12H15N3O/c13-8-12(4-5-12)11-14-9(7-16)10-3-1-2-6-15(10)11/h16H,1-7H2. The molecule has 0 amide bonds. The van der Waals surface area contributed by atoms with Crippen molar-refractivity contribution < 1.29 is 5.11 Å². The molecule has 4 heteroatoms. The monoisotopic (exact) mass is 217 g/mol. The van der Waals surface area contributed by atoms with E-state index >= 15 is 0 Å². The lowest BCUT2D eigenvalue weighted by atomic mass is 10.1. The van der Waals surface area contributed by atoms with Crippen LogP contribution in [0.1, 0.15) is 42.9 Å². The van der Waals surface area contributed by atoms with E-state index in [2.05, 4.69) is 15.6 Å². The van der Waals surface area contributed by atoms with Crippen molar-refractivity contribution in [1.29, 1.82) is 5.26 Å². The Labute approximate surface area is 94.5 Å². The van der Waals surface area contributed by atoms with E-state index < -0.39 is 0 Å². The lowest BCUT2D eigenvalue weighted by molar-refractivity contribution is 0.275. The highest BCUT2D eigenvalue weighted by Gasteiger charge is 2.49. The van der Waals surface area contributed by atoms with E-state index in [1.165, 1.54) is 0 Å². The predicted molar refractivity (Wildman–Crippen MR) is 57.6 cm³/mol. The molecule has 2 aliphatic rings. The minimum absolute atomic E-state index is 0.00313. The van der Waals surface area contributed by atoms with Crippen molar-refractivity contribution in [2.45, 2.75) is 50.7 Å². The maximum absolute atomic E-state index is 9.31. The van der Waals surface area contributed by atoms with Gasteiger partial charge >= 0.3 is 0 Å². The third-order valence-electron chi connectivity index (χ3n) is 3.74. The Kier molecular flexibility index (Phi) is 2.05. The zero-order chi connectivity index (χ0) is 11.2. The van der Waals surface area contributed by atoms with Crippen LogP contribution in [0.15, 0.2) is 0 Å². The molecule has 0 unspecified atom stereocenters. The Morgan fingerprint density at radius 2 is 2.25 bits per heavy atom. The van der Waals surface area contributed by atoms with Gasteiger partial charge in [-0.05, 0) is 32.1 Å². The summed E-state index contributed by atoms with van der Waals surface area (Å²) in [7, 11) is 0. The molecule has 84 valence electrons. The lowest BCUT2D eigenvalue weighted by Gasteiger charge is -2.18. The minimum Gasteiger partial charge on any atom is -0.390 e. The van der Waals surface area contributed by atoms with Gasteiger partial charge in [-0.25, -0.2) is 4.98 Å². The summed E-state index contributed by atoms with van der Waals surface area (Å²) >= 11 is 0. The van der Waals surface area contributed by atoms with Crippen molar-refractivity contribution in [1.82, 2.24) is 9.55 Å². The summed E-state index contributed by atoms with van der Waals surface area (Å²) in [5.41, 5.74) is 1.61. The molecule has 1 aromatic rings. The zero-order valence-electron chi connectivity index (χ0n) is 9.24. The van der Waals surface area contributed by atoms with Gasteiger partial charge in [0.15, 0.2) is 0 Å². The third-order valence-corrected chi connectivity index (χ3v) is 3.74. The Bertz CT molecular complexity index is 465. The summed E-state index contributed by atoms with van der Waals surface area (Å²) in [6.07, 6.45) is 5.15. The van der Waals surface area contributed by atoms with Crippen molar-refractivity contribution in [3.05, 3.63) is 17.2 Å². The van der Waals surface area contributed by atoms with Crippen LogP contribution in [0.2, 0.25) is 0 Å². The summed E-state index contributed by atoms with van der Waals surface area (Å²) in [6, 6.07) is 2.39. The number of aromatic nitrogens is 2. The number of rotatable bonds is 2. The fraction of sp³-hybridized carbons (Fsp3) is 0.667. The largest absolute Gasteiger partial charge is 0.390 e. The van der Waals surface area contributed by atoms with Crippen LogP contribution in [0.5, 0.6) is 0 Å². The number of nitrogens with zero attached hydrogens (tertiary/aromatic N) is 3. The van der Waals surface area contributed by atoms with Gasteiger partial charge in [-0.3, -0.25) is 0 Å². The Hall–Kier alpha value is -1.34. The summed E-state index contributed by atoms with van der Waals surface area (Å²) in [5, 5.41) is 18.5. The average Bonchev–Trinajstić information content (AvgIpc) is 3.04. The number of imidazole rings is 1. The first-order valence-electron chi connectivity index (χ1n) is 5.91.